The molecule has 1 amide bonds. The molecule has 2 N–H and O–H groups in total. The number of hydrogen-bond donors (Lipinski definition) is 2. The van der Waals surface area contributed by atoms with Crippen LogP contribution < -0.4 is 10.1 Å². The molecule has 150 valence electrons. The van der Waals surface area contributed by atoms with Crippen LogP contribution in [-0.2, 0) is 4.74 Å². The van der Waals surface area contributed by atoms with Crippen molar-refractivity contribution in [3.05, 3.63) is 48.4 Å². The third kappa shape index (κ3) is 4.01. The number of aliphatic hydroxyl groups excluding tert-OH is 1. The predicted molar refractivity (Wildman–Crippen MR) is 95.4 cm³/mol. The highest BCUT2D eigenvalue weighted by Crippen LogP contribution is 2.30. The van der Waals surface area contributed by atoms with Gasteiger partial charge in [-0.1, -0.05) is 6.07 Å². The largest absolute Gasteiger partial charge is 0.487 e. The molecule has 1 aliphatic heterocycles. The van der Waals surface area contributed by atoms with Crippen LogP contribution in [0.1, 0.15) is 16.9 Å². The smallest absolute Gasteiger partial charge is 0.273 e. The van der Waals surface area contributed by atoms with Crippen LogP contribution in [0.25, 0.3) is 0 Å². The van der Waals surface area contributed by atoms with E-state index in [9.17, 15) is 14.3 Å². The zero-order valence-corrected chi connectivity index (χ0v) is 15.2. The number of aromatic nitrogens is 1. The van der Waals surface area contributed by atoms with Crippen molar-refractivity contribution in [3.63, 3.8) is 0 Å². The maximum absolute atomic E-state index is 13.5. The van der Waals surface area contributed by atoms with E-state index in [0.717, 1.165) is 0 Å². The number of benzene rings is 1. The number of nitrogens with one attached hydrogen (secondary N) is 1. The minimum atomic E-state index is -0.857. The Morgan fingerprint density at radius 3 is 2.89 bits per heavy atom. The van der Waals surface area contributed by atoms with Gasteiger partial charge < -0.3 is 24.3 Å². The molecule has 2 heterocycles. The fraction of sp³-hybridized carbons (Fsp3) is 0.474. The zero-order valence-electron chi connectivity index (χ0n) is 15.2. The average Bonchev–Trinajstić information content (AvgIpc) is 3.32. The second kappa shape index (κ2) is 8.26. The summed E-state index contributed by atoms with van der Waals surface area (Å²) >= 11 is 0. The summed E-state index contributed by atoms with van der Waals surface area (Å²) in [6.45, 7) is 2.40. The quantitative estimate of drug-likeness (QED) is 0.779. The number of hydrogen-bond acceptors (Lipinski definition) is 7. The van der Waals surface area contributed by atoms with Crippen LogP contribution in [0.4, 0.5) is 4.39 Å². The van der Waals surface area contributed by atoms with Crippen molar-refractivity contribution in [2.45, 2.75) is 30.7 Å². The second-order valence-electron chi connectivity index (χ2n) is 6.93. The van der Waals surface area contributed by atoms with Crippen LogP contribution in [0, 0.1) is 5.82 Å². The Morgan fingerprint density at radius 1 is 1.36 bits per heavy atom. The van der Waals surface area contributed by atoms with Gasteiger partial charge in [0.1, 0.15) is 30.0 Å². The SMILES string of the molecule is O=C(N[C@@H]1C[C@@H](Oc2cccc(F)c2)[C@H](O)[C@H]1N1CCOCC1)c1cocn1. The number of oxazole rings is 1. The molecule has 28 heavy (non-hydrogen) atoms. The third-order valence-corrected chi connectivity index (χ3v) is 5.16. The van der Waals surface area contributed by atoms with Gasteiger partial charge in [-0.05, 0) is 12.1 Å². The fourth-order valence-electron chi connectivity index (χ4n) is 3.88. The van der Waals surface area contributed by atoms with E-state index in [-0.39, 0.29) is 23.7 Å². The van der Waals surface area contributed by atoms with Crippen molar-refractivity contribution in [1.82, 2.24) is 15.2 Å². The number of rotatable bonds is 5. The summed E-state index contributed by atoms with van der Waals surface area (Å²) in [6, 6.07) is 5.08. The maximum Gasteiger partial charge on any atom is 0.273 e. The van der Waals surface area contributed by atoms with Crippen molar-refractivity contribution in [2.24, 2.45) is 0 Å². The molecular weight excluding hydrogens is 369 g/mol. The van der Waals surface area contributed by atoms with Crippen LogP contribution in [0.2, 0.25) is 0 Å². The summed E-state index contributed by atoms with van der Waals surface area (Å²) in [5.74, 6) is -0.450. The van der Waals surface area contributed by atoms with Crippen LogP contribution in [0.3, 0.4) is 0 Å². The van der Waals surface area contributed by atoms with E-state index < -0.39 is 18.0 Å². The van der Waals surface area contributed by atoms with Crippen molar-refractivity contribution < 1.29 is 28.2 Å². The molecule has 1 saturated heterocycles. The van der Waals surface area contributed by atoms with E-state index in [1.165, 1.54) is 24.8 Å². The minimum absolute atomic E-state index is 0.171. The highest BCUT2D eigenvalue weighted by molar-refractivity contribution is 5.92. The number of aliphatic hydroxyl groups is 1. The zero-order chi connectivity index (χ0) is 19.5. The van der Waals surface area contributed by atoms with Gasteiger partial charge in [0.2, 0.25) is 0 Å². The standard InChI is InChI=1S/C19H22FN3O5/c20-12-2-1-3-13(8-12)28-16-9-14(22-19(25)15-10-27-11-21-15)17(18(16)24)23-4-6-26-7-5-23/h1-3,8,10-11,14,16-18,24H,4-7,9H2,(H,22,25)/t14-,16-,17+,18+/m1/s1. The summed E-state index contributed by atoms with van der Waals surface area (Å²) in [5.41, 5.74) is 0.171. The van der Waals surface area contributed by atoms with Gasteiger partial charge in [0.05, 0.1) is 25.3 Å². The van der Waals surface area contributed by atoms with Gasteiger partial charge in [0.25, 0.3) is 5.91 Å². The van der Waals surface area contributed by atoms with Crippen molar-refractivity contribution >= 4 is 5.91 Å². The van der Waals surface area contributed by atoms with Gasteiger partial charge in [0, 0.05) is 25.6 Å². The number of carbonyl (C=O) groups excluding carboxylic acids is 1. The molecule has 0 spiro atoms. The molecule has 2 aromatic rings. The fourth-order valence-corrected chi connectivity index (χ4v) is 3.88. The lowest BCUT2D eigenvalue weighted by Crippen LogP contribution is -2.56. The van der Waals surface area contributed by atoms with Gasteiger partial charge in [-0.25, -0.2) is 9.37 Å². The van der Waals surface area contributed by atoms with E-state index in [4.69, 9.17) is 13.9 Å². The molecule has 1 aliphatic carbocycles. The number of morpholine rings is 1. The summed E-state index contributed by atoms with van der Waals surface area (Å²) in [4.78, 5) is 18.4. The first-order chi connectivity index (χ1) is 13.6. The molecule has 1 saturated carbocycles. The van der Waals surface area contributed by atoms with Crippen molar-refractivity contribution in [3.8, 4) is 5.75 Å². The Morgan fingerprint density at radius 2 is 2.18 bits per heavy atom. The molecule has 0 radical (unpaired) electrons. The molecule has 2 fully saturated rings. The number of amides is 1. The molecule has 2 aliphatic rings. The number of carbonyl (C=O) groups is 1. The lowest BCUT2D eigenvalue weighted by molar-refractivity contribution is -0.0350. The van der Waals surface area contributed by atoms with E-state index >= 15 is 0 Å². The topological polar surface area (TPSA) is 97.1 Å². The van der Waals surface area contributed by atoms with Crippen molar-refractivity contribution in [1.29, 1.82) is 0 Å². The summed E-state index contributed by atoms with van der Waals surface area (Å²) in [5, 5.41) is 13.9. The monoisotopic (exact) mass is 391 g/mol. The first-order valence-corrected chi connectivity index (χ1v) is 9.23. The van der Waals surface area contributed by atoms with E-state index in [0.29, 0.717) is 38.5 Å². The van der Waals surface area contributed by atoms with E-state index in [1.807, 2.05) is 0 Å². The maximum atomic E-state index is 13.5. The van der Waals surface area contributed by atoms with Gasteiger partial charge in [-0.15, -0.1) is 0 Å². The Bertz CT molecular complexity index is 797. The molecule has 0 unspecified atom stereocenters. The molecular formula is C19H22FN3O5. The molecule has 4 rings (SSSR count). The van der Waals surface area contributed by atoms with Gasteiger partial charge in [-0.3, -0.25) is 9.69 Å². The molecule has 0 bridgehead atoms. The number of nitrogens with zero attached hydrogens (tertiary/aromatic N) is 2. The molecule has 9 heteroatoms. The summed E-state index contributed by atoms with van der Waals surface area (Å²) in [7, 11) is 0. The molecule has 1 aromatic heterocycles. The first kappa shape index (κ1) is 18.9. The Kier molecular flexibility index (Phi) is 5.56. The van der Waals surface area contributed by atoms with Gasteiger partial charge >= 0.3 is 0 Å². The Balaban J connectivity index is 1.52. The normalized spacial score (nSPS) is 28.2. The molecule has 4 atom stereocenters. The van der Waals surface area contributed by atoms with Gasteiger partial charge in [-0.2, -0.15) is 0 Å². The summed E-state index contributed by atoms with van der Waals surface area (Å²) in [6.07, 6.45) is 1.39. The van der Waals surface area contributed by atoms with Crippen LogP contribution in [0.15, 0.2) is 41.3 Å². The predicted octanol–water partition coefficient (Wildman–Crippen LogP) is 0.825. The highest BCUT2D eigenvalue weighted by Gasteiger charge is 2.47. The lowest BCUT2D eigenvalue weighted by atomic mass is 10.1. The second-order valence-corrected chi connectivity index (χ2v) is 6.93. The highest BCUT2D eigenvalue weighted by atomic mass is 19.1. The third-order valence-electron chi connectivity index (χ3n) is 5.16. The number of halogens is 1. The first-order valence-electron chi connectivity index (χ1n) is 9.23. The van der Waals surface area contributed by atoms with Crippen LogP contribution in [0.5, 0.6) is 5.75 Å². The van der Waals surface area contributed by atoms with Gasteiger partial charge in [0.15, 0.2) is 12.1 Å². The minimum Gasteiger partial charge on any atom is -0.487 e. The summed E-state index contributed by atoms with van der Waals surface area (Å²) < 4.78 is 29.6. The molecule has 8 nitrogen and oxygen atoms in total. The van der Waals surface area contributed by atoms with Crippen LogP contribution >= 0.6 is 0 Å². The van der Waals surface area contributed by atoms with E-state index in [2.05, 4.69) is 15.2 Å². The lowest BCUT2D eigenvalue weighted by Gasteiger charge is -2.37. The Hall–Kier alpha value is -2.49. The Labute approximate surface area is 161 Å². The van der Waals surface area contributed by atoms with Crippen molar-refractivity contribution in [2.75, 3.05) is 26.3 Å². The van der Waals surface area contributed by atoms with E-state index in [1.54, 1.807) is 12.1 Å². The number of ether oxygens (including phenoxy) is 2. The van der Waals surface area contributed by atoms with Crippen LogP contribution in [-0.4, -0.2) is 71.5 Å². The molecule has 1 aromatic carbocycles. The average molecular weight is 391 g/mol.